The summed E-state index contributed by atoms with van der Waals surface area (Å²) in [6, 6.07) is 3.04. The van der Waals surface area contributed by atoms with Crippen molar-refractivity contribution >= 4 is 29.3 Å². The van der Waals surface area contributed by atoms with Crippen LogP contribution >= 0.6 is 11.6 Å². The maximum absolute atomic E-state index is 11.2. The molecule has 86 valence electrons. The van der Waals surface area contributed by atoms with Gasteiger partial charge < -0.3 is 15.2 Å². The van der Waals surface area contributed by atoms with Crippen LogP contribution in [-0.4, -0.2) is 35.2 Å². The number of hydrogen-bond donors (Lipinski definition) is 2. The number of hydrogen-bond acceptors (Lipinski definition) is 4. The molecular weight excluding hydrogens is 236 g/mol. The third-order valence-electron chi connectivity index (χ3n) is 1.45. The Bertz CT molecular complexity index is 397. The molecule has 16 heavy (non-hydrogen) atoms. The summed E-state index contributed by atoms with van der Waals surface area (Å²) in [7, 11) is 0. The molecule has 1 aromatic heterocycles. The third kappa shape index (κ3) is 4.72. The molecule has 0 radical (unpaired) electrons. The van der Waals surface area contributed by atoms with E-state index in [1.54, 1.807) is 6.07 Å². The second-order valence-electron chi connectivity index (χ2n) is 2.79. The number of ether oxygens (including phenoxy) is 1. The number of nitrogens with zero attached hydrogens (tertiary/aromatic N) is 1. The molecule has 0 saturated carbocycles. The number of aliphatic carboxylic acids is 1. The number of anilines is 1. The van der Waals surface area contributed by atoms with Crippen molar-refractivity contribution in [3.05, 3.63) is 23.4 Å². The zero-order valence-electron chi connectivity index (χ0n) is 8.14. The molecule has 0 unspecified atom stereocenters. The normalized spacial score (nSPS) is 9.81. The van der Waals surface area contributed by atoms with Crippen molar-refractivity contribution in [2.75, 3.05) is 18.5 Å². The van der Waals surface area contributed by atoms with Crippen LogP contribution in [0, 0.1) is 0 Å². The first-order valence-electron chi connectivity index (χ1n) is 4.29. The monoisotopic (exact) mass is 244 g/mol. The van der Waals surface area contributed by atoms with Crippen LogP contribution < -0.4 is 5.32 Å². The Kier molecular flexibility index (Phi) is 4.68. The van der Waals surface area contributed by atoms with E-state index in [1.165, 1.54) is 12.3 Å². The lowest BCUT2D eigenvalue weighted by atomic mass is 10.4. The van der Waals surface area contributed by atoms with Crippen LogP contribution in [0.15, 0.2) is 18.3 Å². The minimum atomic E-state index is -1.13. The molecule has 1 heterocycles. The summed E-state index contributed by atoms with van der Waals surface area (Å²) in [5, 5.41) is 11.1. The van der Waals surface area contributed by atoms with Gasteiger partial charge in [0.1, 0.15) is 19.0 Å². The molecule has 0 aromatic carbocycles. The van der Waals surface area contributed by atoms with E-state index >= 15 is 0 Å². The van der Waals surface area contributed by atoms with Crippen molar-refractivity contribution in [2.24, 2.45) is 0 Å². The van der Waals surface area contributed by atoms with Crippen LogP contribution in [-0.2, 0) is 14.3 Å². The van der Waals surface area contributed by atoms with E-state index in [2.05, 4.69) is 15.0 Å². The fourth-order valence-corrected chi connectivity index (χ4v) is 1.04. The Balaban J connectivity index is 2.37. The van der Waals surface area contributed by atoms with Crippen molar-refractivity contribution in [1.82, 2.24) is 4.98 Å². The predicted molar refractivity (Wildman–Crippen MR) is 56.3 cm³/mol. The Morgan fingerprint density at radius 1 is 1.50 bits per heavy atom. The van der Waals surface area contributed by atoms with Crippen molar-refractivity contribution in [1.29, 1.82) is 0 Å². The molecule has 1 rings (SSSR count). The fourth-order valence-electron chi connectivity index (χ4n) is 0.883. The highest BCUT2D eigenvalue weighted by molar-refractivity contribution is 6.30. The molecule has 0 bridgehead atoms. The fraction of sp³-hybridized carbons (Fsp3) is 0.222. The van der Waals surface area contributed by atoms with Crippen molar-refractivity contribution in [3.63, 3.8) is 0 Å². The number of carboxylic acid groups (broad SMARTS) is 1. The standard InChI is InChI=1S/C9H9ClN2O4/c10-6-1-2-11-7(3-6)12-8(13)4-16-5-9(14)15/h1-3H,4-5H2,(H,14,15)(H,11,12,13). The first-order chi connectivity index (χ1) is 7.58. The molecular formula is C9H9ClN2O4. The van der Waals surface area contributed by atoms with Gasteiger partial charge in [0.2, 0.25) is 0 Å². The number of aromatic nitrogens is 1. The lowest BCUT2D eigenvalue weighted by Gasteiger charge is -2.04. The van der Waals surface area contributed by atoms with Crippen LogP contribution in [0.4, 0.5) is 5.82 Å². The number of amides is 1. The molecule has 0 fully saturated rings. The molecule has 1 aromatic rings. The summed E-state index contributed by atoms with van der Waals surface area (Å²) in [4.78, 5) is 25.1. The largest absolute Gasteiger partial charge is 0.480 e. The summed E-state index contributed by atoms with van der Waals surface area (Å²) in [6.45, 7) is -0.864. The minimum absolute atomic E-state index is 0.288. The van der Waals surface area contributed by atoms with Gasteiger partial charge in [-0.25, -0.2) is 9.78 Å². The van der Waals surface area contributed by atoms with Crippen LogP contribution in [0.2, 0.25) is 5.02 Å². The first kappa shape index (κ1) is 12.4. The van der Waals surface area contributed by atoms with Gasteiger partial charge in [-0.05, 0) is 12.1 Å². The van der Waals surface area contributed by atoms with E-state index in [1.807, 2.05) is 0 Å². The van der Waals surface area contributed by atoms with E-state index in [0.717, 1.165) is 0 Å². The van der Waals surface area contributed by atoms with Gasteiger partial charge in [-0.3, -0.25) is 4.79 Å². The highest BCUT2D eigenvalue weighted by Gasteiger charge is 2.05. The number of carbonyl (C=O) groups is 2. The van der Waals surface area contributed by atoms with Gasteiger partial charge in [0.15, 0.2) is 0 Å². The summed E-state index contributed by atoms with van der Waals surface area (Å²) >= 11 is 5.67. The lowest BCUT2D eigenvalue weighted by molar-refractivity contribution is -0.143. The number of carbonyl (C=O) groups excluding carboxylic acids is 1. The summed E-state index contributed by atoms with van der Waals surface area (Å²) in [6.07, 6.45) is 1.44. The van der Waals surface area contributed by atoms with Crippen LogP contribution in [0.5, 0.6) is 0 Å². The number of halogens is 1. The van der Waals surface area contributed by atoms with E-state index in [4.69, 9.17) is 16.7 Å². The van der Waals surface area contributed by atoms with Gasteiger partial charge in [0.05, 0.1) is 0 Å². The highest BCUT2D eigenvalue weighted by atomic mass is 35.5. The van der Waals surface area contributed by atoms with E-state index in [0.29, 0.717) is 5.02 Å². The topological polar surface area (TPSA) is 88.5 Å². The number of carboxylic acids is 1. The van der Waals surface area contributed by atoms with E-state index < -0.39 is 18.5 Å². The molecule has 6 nitrogen and oxygen atoms in total. The maximum atomic E-state index is 11.2. The van der Waals surface area contributed by atoms with Gasteiger partial charge >= 0.3 is 5.97 Å². The van der Waals surface area contributed by atoms with Gasteiger partial charge in [0.25, 0.3) is 5.91 Å². The van der Waals surface area contributed by atoms with Crippen molar-refractivity contribution in [2.45, 2.75) is 0 Å². The number of pyridine rings is 1. The van der Waals surface area contributed by atoms with Crippen LogP contribution in [0.1, 0.15) is 0 Å². The van der Waals surface area contributed by atoms with Gasteiger partial charge in [-0.15, -0.1) is 0 Å². The smallest absolute Gasteiger partial charge is 0.329 e. The Morgan fingerprint density at radius 2 is 2.25 bits per heavy atom. The van der Waals surface area contributed by atoms with Crippen molar-refractivity contribution in [3.8, 4) is 0 Å². The molecule has 0 atom stereocenters. The summed E-state index contributed by atoms with van der Waals surface area (Å²) < 4.78 is 4.59. The summed E-state index contributed by atoms with van der Waals surface area (Å²) in [5.41, 5.74) is 0. The highest BCUT2D eigenvalue weighted by Crippen LogP contribution is 2.11. The van der Waals surface area contributed by atoms with Gasteiger partial charge in [-0.1, -0.05) is 11.6 Å². The lowest BCUT2D eigenvalue weighted by Crippen LogP contribution is -2.21. The number of nitrogens with one attached hydrogen (secondary N) is 1. The molecule has 7 heteroatoms. The second-order valence-corrected chi connectivity index (χ2v) is 3.23. The van der Waals surface area contributed by atoms with Crippen molar-refractivity contribution < 1.29 is 19.4 Å². The van der Waals surface area contributed by atoms with E-state index in [9.17, 15) is 9.59 Å². The average molecular weight is 245 g/mol. The van der Waals surface area contributed by atoms with E-state index in [-0.39, 0.29) is 12.4 Å². The van der Waals surface area contributed by atoms with Crippen LogP contribution in [0.25, 0.3) is 0 Å². The predicted octanol–water partition coefficient (Wildman–Crippen LogP) is 0.775. The molecule has 2 N–H and O–H groups in total. The molecule has 0 aliphatic carbocycles. The van der Waals surface area contributed by atoms with Gasteiger partial charge in [0, 0.05) is 11.2 Å². The quantitative estimate of drug-likeness (QED) is 0.799. The maximum Gasteiger partial charge on any atom is 0.329 e. The average Bonchev–Trinajstić information content (AvgIpc) is 2.16. The Morgan fingerprint density at radius 3 is 2.88 bits per heavy atom. The minimum Gasteiger partial charge on any atom is -0.480 e. The number of rotatable bonds is 5. The Hall–Kier alpha value is -1.66. The molecule has 0 saturated heterocycles. The van der Waals surface area contributed by atoms with Crippen LogP contribution in [0.3, 0.4) is 0 Å². The molecule has 0 aliphatic heterocycles. The Labute approximate surface area is 96.2 Å². The zero-order valence-corrected chi connectivity index (χ0v) is 8.90. The molecule has 1 amide bonds. The second kappa shape index (κ2) is 6.04. The first-order valence-corrected chi connectivity index (χ1v) is 4.66. The molecule has 0 aliphatic rings. The zero-order chi connectivity index (χ0) is 12.0. The summed E-state index contributed by atoms with van der Waals surface area (Å²) in [5.74, 6) is -1.33. The third-order valence-corrected chi connectivity index (χ3v) is 1.68. The molecule has 0 spiro atoms. The SMILES string of the molecule is O=C(O)COCC(=O)Nc1cc(Cl)ccn1. The van der Waals surface area contributed by atoms with Gasteiger partial charge in [-0.2, -0.15) is 0 Å².